The second-order valence-electron chi connectivity index (χ2n) is 4.19. The third-order valence-corrected chi connectivity index (χ3v) is 2.79. The van der Waals surface area contributed by atoms with Gasteiger partial charge in [0.2, 0.25) is 5.91 Å². The van der Waals surface area contributed by atoms with E-state index in [0.29, 0.717) is 6.54 Å². The number of carboxylic acid groups (broad SMARTS) is 1. The molecule has 0 fully saturated rings. The average molecular weight is 250 g/mol. The summed E-state index contributed by atoms with van der Waals surface area (Å²) in [6.45, 7) is 2.48. The molecule has 0 aromatic heterocycles. The van der Waals surface area contributed by atoms with Gasteiger partial charge < -0.3 is 16.2 Å². The van der Waals surface area contributed by atoms with Gasteiger partial charge in [0, 0.05) is 13.0 Å². The summed E-state index contributed by atoms with van der Waals surface area (Å²) < 4.78 is 0. The zero-order valence-corrected chi connectivity index (χ0v) is 10.3. The van der Waals surface area contributed by atoms with Crippen LogP contribution in [0.3, 0.4) is 0 Å². The molecular weight excluding hydrogens is 232 g/mol. The number of rotatable bonds is 7. The highest BCUT2D eigenvalue weighted by atomic mass is 16.4. The number of primary amides is 1. The van der Waals surface area contributed by atoms with Crippen molar-refractivity contribution in [1.82, 2.24) is 5.32 Å². The fourth-order valence-electron chi connectivity index (χ4n) is 1.65. The first kappa shape index (κ1) is 14.2. The van der Waals surface area contributed by atoms with E-state index in [1.165, 1.54) is 0 Å². The number of aryl methyl sites for hydroxylation is 1. The Morgan fingerprint density at radius 2 is 2.06 bits per heavy atom. The Kier molecular flexibility index (Phi) is 5.32. The quantitative estimate of drug-likeness (QED) is 0.667. The highest BCUT2D eigenvalue weighted by Crippen LogP contribution is 2.07. The lowest BCUT2D eigenvalue weighted by molar-refractivity contribution is -0.137. The zero-order valence-electron chi connectivity index (χ0n) is 10.3. The Balaban J connectivity index is 2.55. The molecule has 0 aliphatic carbocycles. The second kappa shape index (κ2) is 6.76. The fourth-order valence-corrected chi connectivity index (χ4v) is 1.65. The molecule has 0 aliphatic rings. The maximum atomic E-state index is 11.2. The van der Waals surface area contributed by atoms with Crippen LogP contribution in [0.4, 0.5) is 0 Å². The summed E-state index contributed by atoms with van der Waals surface area (Å²) in [6, 6.07) is 7.18. The van der Waals surface area contributed by atoms with E-state index >= 15 is 0 Å². The number of carbonyl (C=O) groups is 2. The molecule has 0 heterocycles. The number of nitrogens with one attached hydrogen (secondary N) is 1. The summed E-state index contributed by atoms with van der Waals surface area (Å²) in [4.78, 5) is 21.7. The van der Waals surface area contributed by atoms with Gasteiger partial charge in [-0.1, -0.05) is 24.3 Å². The van der Waals surface area contributed by atoms with E-state index in [0.717, 1.165) is 11.1 Å². The van der Waals surface area contributed by atoms with Gasteiger partial charge in [-0.05, 0) is 24.5 Å². The van der Waals surface area contributed by atoms with Crippen LogP contribution in [0.15, 0.2) is 24.3 Å². The molecule has 5 nitrogen and oxygen atoms in total. The molecule has 1 amide bonds. The molecule has 0 radical (unpaired) electrons. The number of hydrogen-bond donors (Lipinski definition) is 3. The Morgan fingerprint density at radius 1 is 1.39 bits per heavy atom. The van der Waals surface area contributed by atoms with Crippen molar-refractivity contribution in [2.24, 2.45) is 5.73 Å². The van der Waals surface area contributed by atoms with Crippen molar-refractivity contribution in [3.63, 3.8) is 0 Å². The van der Waals surface area contributed by atoms with Gasteiger partial charge in [-0.25, -0.2) is 0 Å². The monoisotopic (exact) mass is 250 g/mol. The number of carbonyl (C=O) groups excluding carboxylic acids is 1. The van der Waals surface area contributed by atoms with Crippen LogP contribution in [0.2, 0.25) is 0 Å². The third-order valence-electron chi connectivity index (χ3n) is 2.79. The van der Waals surface area contributed by atoms with E-state index in [2.05, 4.69) is 5.32 Å². The predicted octanol–water partition coefficient (Wildman–Crippen LogP) is 0.803. The smallest absolute Gasteiger partial charge is 0.303 e. The molecule has 1 rings (SSSR count). The molecule has 98 valence electrons. The summed E-state index contributed by atoms with van der Waals surface area (Å²) in [7, 11) is 0. The minimum atomic E-state index is -0.932. The van der Waals surface area contributed by atoms with Crippen LogP contribution in [-0.2, 0) is 16.1 Å². The number of hydrogen-bond acceptors (Lipinski definition) is 3. The Bertz CT molecular complexity index is 432. The summed E-state index contributed by atoms with van der Waals surface area (Å²) >= 11 is 0. The Hall–Kier alpha value is -1.88. The average Bonchev–Trinajstić information content (AvgIpc) is 2.30. The first-order valence-electron chi connectivity index (χ1n) is 5.79. The van der Waals surface area contributed by atoms with Gasteiger partial charge in [0.1, 0.15) is 0 Å². The largest absolute Gasteiger partial charge is 0.481 e. The second-order valence-corrected chi connectivity index (χ2v) is 4.19. The summed E-state index contributed by atoms with van der Waals surface area (Å²) in [5.41, 5.74) is 7.42. The third kappa shape index (κ3) is 4.55. The van der Waals surface area contributed by atoms with E-state index in [1.54, 1.807) is 0 Å². The van der Waals surface area contributed by atoms with Crippen LogP contribution < -0.4 is 11.1 Å². The van der Waals surface area contributed by atoms with Crippen molar-refractivity contribution in [2.45, 2.75) is 32.4 Å². The standard InChI is InChI=1S/C13H18N2O3/c1-9-4-2-3-5-10(9)8-15-11(13(14)18)6-7-12(16)17/h2-5,11,15H,6-8H2,1H3,(H2,14,18)(H,16,17)/t11-/m0/s1. The number of nitrogens with two attached hydrogens (primary N) is 1. The van der Waals surface area contributed by atoms with Crippen molar-refractivity contribution in [3.05, 3.63) is 35.4 Å². The van der Waals surface area contributed by atoms with Crippen molar-refractivity contribution < 1.29 is 14.7 Å². The molecule has 0 aliphatic heterocycles. The van der Waals surface area contributed by atoms with Gasteiger partial charge in [-0.2, -0.15) is 0 Å². The van der Waals surface area contributed by atoms with Crippen LogP contribution in [-0.4, -0.2) is 23.0 Å². The topological polar surface area (TPSA) is 92.4 Å². The fraction of sp³-hybridized carbons (Fsp3) is 0.385. The minimum Gasteiger partial charge on any atom is -0.481 e. The number of amides is 1. The lowest BCUT2D eigenvalue weighted by atomic mass is 10.1. The Morgan fingerprint density at radius 3 is 2.61 bits per heavy atom. The molecular formula is C13H18N2O3. The number of aliphatic carboxylic acids is 1. The van der Waals surface area contributed by atoms with Crippen molar-refractivity contribution in [3.8, 4) is 0 Å². The molecule has 1 aromatic carbocycles. The van der Waals surface area contributed by atoms with Gasteiger partial charge in [0.05, 0.1) is 6.04 Å². The summed E-state index contributed by atoms with van der Waals surface area (Å²) in [5.74, 6) is -1.45. The van der Waals surface area contributed by atoms with Gasteiger partial charge in [-0.3, -0.25) is 9.59 Å². The van der Waals surface area contributed by atoms with E-state index in [1.807, 2.05) is 31.2 Å². The molecule has 0 bridgehead atoms. The first-order chi connectivity index (χ1) is 8.50. The molecule has 0 spiro atoms. The van der Waals surface area contributed by atoms with Crippen LogP contribution >= 0.6 is 0 Å². The van der Waals surface area contributed by atoms with E-state index < -0.39 is 17.9 Å². The van der Waals surface area contributed by atoms with Crippen molar-refractivity contribution >= 4 is 11.9 Å². The lowest BCUT2D eigenvalue weighted by Crippen LogP contribution is -2.41. The zero-order chi connectivity index (χ0) is 13.5. The Labute approximate surface area is 106 Å². The highest BCUT2D eigenvalue weighted by Gasteiger charge is 2.16. The lowest BCUT2D eigenvalue weighted by Gasteiger charge is -2.15. The molecule has 18 heavy (non-hydrogen) atoms. The number of benzene rings is 1. The molecule has 4 N–H and O–H groups in total. The first-order valence-corrected chi connectivity index (χ1v) is 5.79. The van der Waals surface area contributed by atoms with E-state index in [9.17, 15) is 9.59 Å². The van der Waals surface area contributed by atoms with Crippen LogP contribution in [0.1, 0.15) is 24.0 Å². The van der Waals surface area contributed by atoms with E-state index in [-0.39, 0.29) is 12.8 Å². The van der Waals surface area contributed by atoms with E-state index in [4.69, 9.17) is 10.8 Å². The maximum absolute atomic E-state index is 11.2. The summed E-state index contributed by atoms with van der Waals surface area (Å²) in [6.07, 6.45) is 0.130. The van der Waals surface area contributed by atoms with Crippen molar-refractivity contribution in [1.29, 1.82) is 0 Å². The molecule has 1 aromatic rings. The SMILES string of the molecule is Cc1ccccc1CN[C@@H](CCC(=O)O)C(N)=O. The van der Waals surface area contributed by atoms with Gasteiger partial charge in [-0.15, -0.1) is 0 Å². The highest BCUT2D eigenvalue weighted by molar-refractivity contribution is 5.80. The molecule has 0 saturated carbocycles. The molecule has 5 heteroatoms. The summed E-state index contributed by atoms with van der Waals surface area (Å²) in [5, 5.41) is 11.6. The minimum absolute atomic E-state index is 0.0750. The van der Waals surface area contributed by atoms with Crippen molar-refractivity contribution in [2.75, 3.05) is 0 Å². The van der Waals surface area contributed by atoms with Crippen LogP contribution in [0.5, 0.6) is 0 Å². The van der Waals surface area contributed by atoms with Gasteiger partial charge in [0.25, 0.3) is 0 Å². The normalized spacial score (nSPS) is 12.1. The van der Waals surface area contributed by atoms with Crippen LogP contribution in [0.25, 0.3) is 0 Å². The maximum Gasteiger partial charge on any atom is 0.303 e. The molecule has 1 atom stereocenters. The predicted molar refractivity (Wildman–Crippen MR) is 67.9 cm³/mol. The molecule has 0 unspecified atom stereocenters. The van der Waals surface area contributed by atoms with Gasteiger partial charge in [0.15, 0.2) is 0 Å². The number of carboxylic acids is 1. The van der Waals surface area contributed by atoms with Gasteiger partial charge >= 0.3 is 5.97 Å². The van der Waals surface area contributed by atoms with Crippen LogP contribution in [0, 0.1) is 6.92 Å². The molecule has 0 saturated heterocycles.